The Morgan fingerprint density at radius 1 is 0.933 bits per heavy atom. The molecule has 0 radical (unpaired) electrons. The minimum atomic E-state index is -2.64. The van der Waals surface area contributed by atoms with E-state index in [1.165, 1.54) is 0 Å². The predicted octanol–water partition coefficient (Wildman–Crippen LogP) is -0.363. The van der Waals surface area contributed by atoms with E-state index in [-0.39, 0.29) is 0 Å². The lowest BCUT2D eigenvalue weighted by Crippen LogP contribution is -2.51. The highest BCUT2D eigenvalue weighted by molar-refractivity contribution is 6.60. The maximum atomic E-state index is 5.40. The van der Waals surface area contributed by atoms with Gasteiger partial charge in [-0.1, -0.05) is 0 Å². The van der Waals surface area contributed by atoms with E-state index >= 15 is 0 Å². The average Bonchev–Trinajstić information content (AvgIpc) is 2.33. The summed E-state index contributed by atoms with van der Waals surface area (Å²) in [5, 5.41) is 0. The summed E-state index contributed by atoms with van der Waals surface area (Å²) >= 11 is 0. The van der Waals surface area contributed by atoms with E-state index in [4.69, 9.17) is 22.8 Å². The molecule has 15 heavy (non-hydrogen) atoms. The number of hydrogen-bond donors (Lipinski definition) is 0. The van der Waals surface area contributed by atoms with Gasteiger partial charge in [-0.15, -0.1) is 0 Å². The lowest BCUT2D eigenvalue weighted by Gasteiger charge is -2.35. The van der Waals surface area contributed by atoms with Crippen molar-refractivity contribution in [2.75, 3.05) is 35.5 Å². The Morgan fingerprint density at radius 2 is 1.33 bits per heavy atom. The van der Waals surface area contributed by atoms with Gasteiger partial charge in [0.05, 0.1) is 6.04 Å². The first-order chi connectivity index (χ1) is 7.07. The molecule has 92 valence electrons. The molecule has 0 aromatic carbocycles. The average molecular weight is 254 g/mol. The number of rotatable bonds is 8. The standard InChI is InChI=1S/C8H22O5Si2/c1-9-8(6-14,10-2)7-15(11-3,12-4)13-5/h6-7H2,1-5,14H3. The molecule has 0 N–H and O–H groups in total. The summed E-state index contributed by atoms with van der Waals surface area (Å²) < 4.78 is 26.9. The van der Waals surface area contributed by atoms with E-state index in [1.807, 2.05) is 0 Å². The van der Waals surface area contributed by atoms with Gasteiger partial charge in [-0.25, -0.2) is 0 Å². The number of ether oxygens (including phenoxy) is 2. The predicted molar refractivity (Wildman–Crippen MR) is 63.1 cm³/mol. The van der Waals surface area contributed by atoms with E-state index in [0.717, 1.165) is 16.3 Å². The molecule has 0 atom stereocenters. The molecular weight excluding hydrogens is 232 g/mol. The first-order valence-electron chi connectivity index (χ1n) is 4.83. The summed E-state index contributed by atoms with van der Waals surface area (Å²) in [7, 11) is 6.34. The molecule has 0 bridgehead atoms. The Morgan fingerprint density at radius 3 is 1.53 bits per heavy atom. The Bertz CT molecular complexity index is 136. The van der Waals surface area contributed by atoms with Gasteiger partial charge in [0.25, 0.3) is 0 Å². The second kappa shape index (κ2) is 6.74. The van der Waals surface area contributed by atoms with Crippen molar-refractivity contribution in [3.63, 3.8) is 0 Å². The summed E-state index contributed by atoms with van der Waals surface area (Å²) in [4.78, 5) is 0. The third-order valence-electron chi connectivity index (χ3n) is 2.70. The van der Waals surface area contributed by atoms with Crippen LogP contribution in [0.1, 0.15) is 0 Å². The molecule has 0 unspecified atom stereocenters. The van der Waals surface area contributed by atoms with Crippen LogP contribution < -0.4 is 0 Å². The highest BCUT2D eigenvalue weighted by Crippen LogP contribution is 2.28. The normalized spacial score (nSPS) is 13.4. The minimum absolute atomic E-state index is 0.500. The van der Waals surface area contributed by atoms with Gasteiger partial charge in [-0.2, -0.15) is 0 Å². The zero-order valence-corrected chi connectivity index (χ0v) is 13.5. The van der Waals surface area contributed by atoms with Crippen molar-refractivity contribution >= 4 is 19.0 Å². The molecule has 7 heteroatoms. The summed E-state index contributed by atoms with van der Waals surface area (Å²) in [6.07, 6.45) is 0. The fraction of sp³-hybridized carbons (Fsp3) is 1.00. The Balaban J connectivity index is 4.74. The van der Waals surface area contributed by atoms with Crippen molar-refractivity contribution in [1.29, 1.82) is 0 Å². The molecule has 0 fully saturated rings. The number of hydrogen-bond acceptors (Lipinski definition) is 5. The van der Waals surface area contributed by atoms with E-state index in [0.29, 0.717) is 6.04 Å². The van der Waals surface area contributed by atoms with Gasteiger partial charge >= 0.3 is 8.80 Å². The molecule has 0 aliphatic rings. The lowest BCUT2D eigenvalue weighted by atomic mass is 10.4. The van der Waals surface area contributed by atoms with E-state index in [9.17, 15) is 0 Å². The van der Waals surface area contributed by atoms with Crippen LogP contribution in [0, 0.1) is 0 Å². The molecule has 0 amide bonds. The van der Waals surface area contributed by atoms with E-state index in [2.05, 4.69) is 0 Å². The Labute approximate surface area is 95.8 Å². The van der Waals surface area contributed by atoms with Gasteiger partial charge in [0.2, 0.25) is 0 Å². The zero-order valence-electron chi connectivity index (χ0n) is 10.5. The molecule has 0 saturated heterocycles. The Kier molecular flexibility index (Phi) is 6.84. The molecular formula is C8H22O5Si2. The molecule has 0 saturated carbocycles. The summed E-state index contributed by atoms with van der Waals surface area (Å²) in [5.41, 5.74) is 0. The van der Waals surface area contributed by atoms with Gasteiger partial charge in [-0.05, 0) is 6.04 Å². The summed E-state index contributed by atoms with van der Waals surface area (Å²) in [6.45, 7) is 0. The first-order valence-corrected chi connectivity index (χ1v) is 8.18. The van der Waals surface area contributed by atoms with Crippen LogP contribution >= 0.6 is 0 Å². The van der Waals surface area contributed by atoms with Crippen LogP contribution in [0.15, 0.2) is 0 Å². The largest absolute Gasteiger partial charge is 0.505 e. The van der Waals surface area contributed by atoms with Crippen LogP contribution in [-0.4, -0.2) is 60.4 Å². The fourth-order valence-corrected chi connectivity index (χ4v) is 4.90. The van der Waals surface area contributed by atoms with Crippen LogP contribution in [0.4, 0.5) is 0 Å². The fourth-order valence-electron chi connectivity index (χ4n) is 1.44. The molecule has 0 aromatic heterocycles. The Hall–Kier alpha value is 0.234. The van der Waals surface area contributed by atoms with Crippen LogP contribution in [0.3, 0.4) is 0 Å². The molecule has 0 heterocycles. The third-order valence-corrected chi connectivity index (χ3v) is 6.62. The molecule has 0 spiro atoms. The van der Waals surface area contributed by atoms with E-state index in [1.54, 1.807) is 35.5 Å². The molecule has 5 nitrogen and oxygen atoms in total. The molecule has 0 rings (SSSR count). The second-order valence-corrected chi connectivity index (χ2v) is 6.80. The SMILES string of the molecule is COC(C[SiH3])(C[Si](OC)(OC)OC)OC. The van der Waals surface area contributed by atoms with Crippen LogP contribution in [-0.2, 0) is 22.8 Å². The maximum absolute atomic E-state index is 5.40. The summed E-state index contributed by atoms with van der Waals surface area (Å²) in [6, 6.07) is 1.34. The highest BCUT2D eigenvalue weighted by atomic mass is 28.4. The van der Waals surface area contributed by atoms with Crippen molar-refractivity contribution in [1.82, 2.24) is 0 Å². The van der Waals surface area contributed by atoms with Crippen molar-refractivity contribution in [2.24, 2.45) is 0 Å². The molecule has 0 aliphatic carbocycles. The maximum Gasteiger partial charge on any atom is 0.505 e. The van der Waals surface area contributed by atoms with Crippen LogP contribution in [0.5, 0.6) is 0 Å². The first kappa shape index (κ1) is 15.2. The van der Waals surface area contributed by atoms with Crippen molar-refractivity contribution in [3.8, 4) is 0 Å². The third kappa shape index (κ3) is 3.63. The van der Waals surface area contributed by atoms with Gasteiger partial charge in [0.15, 0.2) is 5.79 Å². The highest BCUT2D eigenvalue weighted by Gasteiger charge is 2.47. The topological polar surface area (TPSA) is 46.2 Å². The minimum Gasteiger partial charge on any atom is -0.377 e. The van der Waals surface area contributed by atoms with Crippen molar-refractivity contribution < 1.29 is 22.8 Å². The van der Waals surface area contributed by atoms with Crippen molar-refractivity contribution in [3.05, 3.63) is 0 Å². The second-order valence-electron chi connectivity index (χ2n) is 3.14. The summed E-state index contributed by atoms with van der Waals surface area (Å²) in [5.74, 6) is -0.638. The van der Waals surface area contributed by atoms with Crippen LogP contribution in [0.25, 0.3) is 0 Å². The van der Waals surface area contributed by atoms with Gasteiger partial charge in [-0.3, -0.25) is 0 Å². The van der Waals surface area contributed by atoms with Gasteiger partial charge in [0, 0.05) is 45.8 Å². The van der Waals surface area contributed by atoms with E-state index < -0.39 is 14.6 Å². The van der Waals surface area contributed by atoms with Gasteiger partial charge in [0.1, 0.15) is 0 Å². The zero-order chi connectivity index (χ0) is 11.9. The smallest absolute Gasteiger partial charge is 0.377 e. The monoisotopic (exact) mass is 254 g/mol. The quantitative estimate of drug-likeness (QED) is 0.437. The lowest BCUT2D eigenvalue weighted by molar-refractivity contribution is -0.184. The molecule has 0 aliphatic heterocycles. The number of methoxy groups -OCH3 is 2. The van der Waals surface area contributed by atoms with Crippen LogP contribution in [0.2, 0.25) is 12.1 Å². The van der Waals surface area contributed by atoms with Crippen molar-refractivity contribution in [2.45, 2.75) is 17.9 Å². The van der Waals surface area contributed by atoms with Gasteiger partial charge < -0.3 is 22.8 Å². The molecule has 0 aromatic rings.